The Morgan fingerprint density at radius 3 is 2.21 bits per heavy atom. The first-order valence-corrected chi connectivity index (χ1v) is 8.50. The summed E-state index contributed by atoms with van der Waals surface area (Å²) in [7, 11) is 0. The first-order chi connectivity index (χ1) is 9.36. The van der Waals surface area contributed by atoms with E-state index in [0.717, 1.165) is 6.42 Å². The third kappa shape index (κ3) is 5.52. The van der Waals surface area contributed by atoms with E-state index in [1.165, 1.54) is 77.0 Å². The summed E-state index contributed by atoms with van der Waals surface area (Å²) in [5.74, 6) is 0. The quantitative estimate of drug-likeness (QED) is 0.684. The minimum Gasteiger partial charge on any atom is -0.327 e. The molecule has 0 spiro atoms. The van der Waals surface area contributed by atoms with Gasteiger partial charge < -0.3 is 5.73 Å². The van der Waals surface area contributed by atoms with Crippen molar-refractivity contribution in [3.05, 3.63) is 23.3 Å². The maximum Gasteiger partial charge on any atom is 0.00793 e. The van der Waals surface area contributed by atoms with Crippen LogP contribution in [0.2, 0.25) is 0 Å². The topological polar surface area (TPSA) is 26.0 Å². The summed E-state index contributed by atoms with van der Waals surface area (Å²) in [6, 6.07) is 0.387. The van der Waals surface area contributed by atoms with Gasteiger partial charge in [0, 0.05) is 6.04 Å². The van der Waals surface area contributed by atoms with Crippen LogP contribution in [-0.4, -0.2) is 6.04 Å². The van der Waals surface area contributed by atoms with Gasteiger partial charge in [0.2, 0.25) is 0 Å². The molecule has 0 saturated heterocycles. The van der Waals surface area contributed by atoms with Crippen LogP contribution in [0.5, 0.6) is 0 Å². The molecule has 1 unspecified atom stereocenters. The fourth-order valence-corrected chi connectivity index (χ4v) is 3.39. The van der Waals surface area contributed by atoms with Gasteiger partial charge >= 0.3 is 0 Å². The predicted octanol–water partition coefficient (Wildman–Crippen LogP) is 5.27. The molecule has 0 aliphatic heterocycles. The van der Waals surface area contributed by atoms with E-state index in [-0.39, 0.29) is 0 Å². The van der Waals surface area contributed by atoms with Crippen molar-refractivity contribution in [1.29, 1.82) is 0 Å². The van der Waals surface area contributed by atoms with Crippen molar-refractivity contribution in [2.24, 2.45) is 5.73 Å². The predicted molar refractivity (Wildman–Crippen MR) is 84.2 cm³/mol. The lowest BCUT2D eigenvalue weighted by molar-refractivity contribution is 0.558. The Bertz CT molecular complexity index is 314. The molecule has 0 fully saturated rings. The number of allylic oxidation sites excluding steroid dienone is 3. The lowest BCUT2D eigenvalue weighted by Crippen LogP contribution is -2.20. The Morgan fingerprint density at radius 2 is 1.37 bits per heavy atom. The van der Waals surface area contributed by atoms with E-state index in [4.69, 9.17) is 5.73 Å². The first-order valence-electron chi connectivity index (χ1n) is 8.50. The molecule has 0 heterocycles. The molecule has 0 saturated carbocycles. The molecule has 2 aliphatic rings. The molecule has 2 rings (SSSR count). The number of hydrogen-bond acceptors (Lipinski definition) is 1. The van der Waals surface area contributed by atoms with Crippen LogP contribution in [0.3, 0.4) is 0 Å². The molecule has 1 heteroatoms. The van der Waals surface area contributed by atoms with Gasteiger partial charge in [-0.1, -0.05) is 44.3 Å². The molecule has 0 aromatic carbocycles. The summed E-state index contributed by atoms with van der Waals surface area (Å²) >= 11 is 0. The molecule has 1 atom stereocenters. The molecule has 2 aliphatic carbocycles. The molecule has 0 radical (unpaired) electrons. The molecule has 0 aromatic rings. The van der Waals surface area contributed by atoms with Crippen molar-refractivity contribution in [1.82, 2.24) is 0 Å². The van der Waals surface area contributed by atoms with Crippen LogP contribution in [0.4, 0.5) is 0 Å². The van der Waals surface area contributed by atoms with Gasteiger partial charge in [0.15, 0.2) is 0 Å². The van der Waals surface area contributed by atoms with E-state index >= 15 is 0 Å². The smallest absolute Gasteiger partial charge is 0.00793 e. The molecular weight excluding hydrogens is 230 g/mol. The summed E-state index contributed by atoms with van der Waals surface area (Å²) in [4.78, 5) is 0. The zero-order chi connectivity index (χ0) is 13.3. The molecule has 0 bridgehead atoms. The van der Waals surface area contributed by atoms with Crippen LogP contribution in [0.1, 0.15) is 83.5 Å². The standard InChI is InChI=1S/C18H31N/c19-18-14-10-6-5-9-13-17(15-18)16-11-7-3-1-2-4-8-12-16/h11,13,18H,1-10,12,14-15,19H2/b16-11?,17-13+. The van der Waals surface area contributed by atoms with Crippen LogP contribution >= 0.6 is 0 Å². The van der Waals surface area contributed by atoms with Gasteiger partial charge in [0.05, 0.1) is 0 Å². The number of nitrogens with two attached hydrogens (primary N) is 1. The minimum atomic E-state index is 0.387. The van der Waals surface area contributed by atoms with Crippen molar-refractivity contribution in [3.63, 3.8) is 0 Å². The van der Waals surface area contributed by atoms with Crippen molar-refractivity contribution in [3.8, 4) is 0 Å². The first kappa shape index (κ1) is 14.8. The Hall–Kier alpha value is -0.560. The van der Waals surface area contributed by atoms with Gasteiger partial charge in [0.25, 0.3) is 0 Å². The molecule has 0 aromatic heterocycles. The minimum absolute atomic E-state index is 0.387. The fourth-order valence-electron chi connectivity index (χ4n) is 3.39. The van der Waals surface area contributed by atoms with Gasteiger partial charge in [0.1, 0.15) is 0 Å². The second kappa shape index (κ2) is 8.58. The summed E-state index contributed by atoms with van der Waals surface area (Å²) < 4.78 is 0. The van der Waals surface area contributed by atoms with Crippen molar-refractivity contribution in [2.45, 2.75) is 89.5 Å². The Labute approximate surface area is 119 Å². The van der Waals surface area contributed by atoms with Gasteiger partial charge in [-0.25, -0.2) is 0 Å². The monoisotopic (exact) mass is 261 g/mol. The summed E-state index contributed by atoms with van der Waals surface area (Å²) in [5.41, 5.74) is 9.54. The maximum atomic E-state index is 6.30. The van der Waals surface area contributed by atoms with Crippen LogP contribution in [-0.2, 0) is 0 Å². The Balaban J connectivity index is 2.05. The van der Waals surface area contributed by atoms with Crippen molar-refractivity contribution < 1.29 is 0 Å². The SMILES string of the molecule is NC1CCCCC/C=C(/C2=CCCCCCCC2)C1. The van der Waals surface area contributed by atoms with Gasteiger partial charge in [-0.15, -0.1) is 0 Å². The molecular formula is C18H31N. The maximum absolute atomic E-state index is 6.30. The largest absolute Gasteiger partial charge is 0.327 e. The summed E-state index contributed by atoms with van der Waals surface area (Å²) in [6.07, 6.45) is 22.2. The number of hydrogen-bond donors (Lipinski definition) is 1. The zero-order valence-electron chi connectivity index (χ0n) is 12.5. The van der Waals surface area contributed by atoms with Crippen molar-refractivity contribution in [2.75, 3.05) is 0 Å². The van der Waals surface area contributed by atoms with E-state index in [1.54, 1.807) is 11.1 Å². The van der Waals surface area contributed by atoms with Crippen molar-refractivity contribution >= 4 is 0 Å². The zero-order valence-corrected chi connectivity index (χ0v) is 12.5. The fraction of sp³-hybridized carbons (Fsp3) is 0.778. The second-order valence-corrected chi connectivity index (χ2v) is 6.37. The third-order valence-electron chi connectivity index (χ3n) is 4.61. The normalized spacial score (nSPS) is 30.5. The van der Waals surface area contributed by atoms with Crippen LogP contribution in [0, 0.1) is 0 Å². The molecule has 19 heavy (non-hydrogen) atoms. The van der Waals surface area contributed by atoms with Crippen LogP contribution in [0.25, 0.3) is 0 Å². The molecule has 1 nitrogen and oxygen atoms in total. The van der Waals surface area contributed by atoms with Gasteiger partial charge in [-0.2, -0.15) is 0 Å². The van der Waals surface area contributed by atoms with E-state index in [1.807, 2.05) is 0 Å². The highest BCUT2D eigenvalue weighted by Crippen LogP contribution is 2.27. The third-order valence-corrected chi connectivity index (χ3v) is 4.61. The average Bonchev–Trinajstić information content (AvgIpc) is 2.60. The van der Waals surface area contributed by atoms with Crippen LogP contribution in [0.15, 0.2) is 23.3 Å². The van der Waals surface area contributed by atoms with E-state index in [9.17, 15) is 0 Å². The lowest BCUT2D eigenvalue weighted by Gasteiger charge is -2.16. The highest BCUT2D eigenvalue weighted by atomic mass is 14.6. The van der Waals surface area contributed by atoms with E-state index in [0.29, 0.717) is 6.04 Å². The summed E-state index contributed by atoms with van der Waals surface area (Å²) in [6.45, 7) is 0. The molecule has 2 N–H and O–H groups in total. The average molecular weight is 261 g/mol. The highest BCUT2D eigenvalue weighted by Gasteiger charge is 2.12. The lowest BCUT2D eigenvalue weighted by atomic mass is 9.92. The Kier molecular flexibility index (Phi) is 6.70. The molecule has 0 amide bonds. The summed E-state index contributed by atoms with van der Waals surface area (Å²) in [5, 5.41) is 0. The second-order valence-electron chi connectivity index (χ2n) is 6.37. The highest BCUT2D eigenvalue weighted by molar-refractivity contribution is 5.32. The van der Waals surface area contributed by atoms with E-state index in [2.05, 4.69) is 12.2 Å². The number of rotatable bonds is 1. The van der Waals surface area contributed by atoms with Gasteiger partial charge in [-0.3, -0.25) is 0 Å². The Morgan fingerprint density at radius 1 is 0.737 bits per heavy atom. The van der Waals surface area contributed by atoms with E-state index < -0.39 is 0 Å². The van der Waals surface area contributed by atoms with Crippen LogP contribution < -0.4 is 5.73 Å². The molecule has 108 valence electrons. The van der Waals surface area contributed by atoms with Gasteiger partial charge in [-0.05, 0) is 62.5 Å².